The molecule has 0 amide bonds. The van der Waals surface area contributed by atoms with Gasteiger partial charge in [-0.2, -0.15) is 0 Å². The van der Waals surface area contributed by atoms with E-state index < -0.39 is 0 Å². The summed E-state index contributed by atoms with van der Waals surface area (Å²) in [4.78, 5) is 2.66. The molecule has 0 spiro atoms. The molecule has 1 aliphatic heterocycles. The number of nitrogens with zero attached hydrogens (tertiary/aromatic N) is 4. The molecule has 0 radical (unpaired) electrons. The second kappa shape index (κ2) is 4.74. The molecule has 94 valence electrons. The number of likely N-dealkylation sites (tertiary alicyclic amines) is 1. The van der Waals surface area contributed by atoms with Gasteiger partial charge in [0.25, 0.3) is 0 Å². The van der Waals surface area contributed by atoms with Crippen molar-refractivity contribution in [1.82, 2.24) is 25.0 Å². The van der Waals surface area contributed by atoms with Crippen LogP contribution in [0.25, 0.3) is 0 Å². The van der Waals surface area contributed by atoms with Gasteiger partial charge in [0.05, 0.1) is 6.54 Å². The maximum Gasteiger partial charge on any atom is 0.146 e. The molecule has 0 bridgehead atoms. The van der Waals surface area contributed by atoms with E-state index in [4.69, 9.17) is 0 Å². The number of rotatable bonds is 5. The van der Waals surface area contributed by atoms with Crippen LogP contribution < -0.4 is 5.32 Å². The topological polar surface area (TPSA) is 46.0 Å². The Labute approximate surface area is 102 Å². The highest BCUT2D eigenvalue weighted by Gasteiger charge is 2.33. The van der Waals surface area contributed by atoms with E-state index in [2.05, 4.69) is 20.4 Å². The van der Waals surface area contributed by atoms with E-state index in [1.807, 2.05) is 11.6 Å². The van der Waals surface area contributed by atoms with Crippen molar-refractivity contribution in [3.8, 4) is 0 Å². The highest BCUT2D eigenvalue weighted by molar-refractivity contribution is 4.90. The van der Waals surface area contributed by atoms with Crippen LogP contribution in [0.5, 0.6) is 0 Å². The van der Waals surface area contributed by atoms with Crippen molar-refractivity contribution in [1.29, 1.82) is 0 Å². The second-order valence-electron chi connectivity index (χ2n) is 5.37. The molecule has 2 heterocycles. The molecule has 1 aromatic rings. The van der Waals surface area contributed by atoms with Gasteiger partial charge in [0.2, 0.25) is 0 Å². The average molecular weight is 235 g/mol. The molecule has 1 N–H and O–H groups in total. The predicted octanol–water partition coefficient (Wildman–Crippen LogP) is 0.389. The van der Waals surface area contributed by atoms with Gasteiger partial charge in [0, 0.05) is 19.6 Å². The first-order chi connectivity index (χ1) is 8.33. The lowest BCUT2D eigenvalue weighted by Gasteiger charge is -2.15. The van der Waals surface area contributed by atoms with Crippen molar-refractivity contribution >= 4 is 0 Å². The van der Waals surface area contributed by atoms with Crippen LogP contribution in [0, 0.1) is 5.92 Å². The van der Waals surface area contributed by atoms with Crippen LogP contribution in [0.3, 0.4) is 0 Å². The van der Waals surface area contributed by atoms with Crippen LogP contribution in [0.4, 0.5) is 0 Å². The van der Waals surface area contributed by atoms with Crippen molar-refractivity contribution in [2.24, 2.45) is 13.0 Å². The maximum absolute atomic E-state index is 4.07. The Morgan fingerprint density at radius 1 is 1.41 bits per heavy atom. The smallest absolute Gasteiger partial charge is 0.146 e. The van der Waals surface area contributed by atoms with Gasteiger partial charge in [0.15, 0.2) is 0 Å². The standard InChI is InChI=1S/C12H21N5/c1-16-9-14-15-12(16)7-13-6-10-4-5-17(8-10)11-2-3-11/h9-11,13H,2-8H2,1H3. The van der Waals surface area contributed by atoms with Crippen molar-refractivity contribution < 1.29 is 0 Å². The minimum absolute atomic E-state index is 0.823. The number of nitrogens with one attached hydrogen (secondary N) is 1. The van der Waals surface area contributed by atoms with Crippen molar-refractivity contribution in [2.75, 3.05) is 19.6 Å². The SMILES string of the molecule is Cn1cnnc1CNCC1CCN(C2CC2)C1. The third-order valence-corrected chi connectivity index (χ3v) is 3.90. The fourth-order valence-electron chi connectivity index (χ4n) is 2.66. The molecule has 1 saturated carbocycles. The number of hydrogen-bond donors (Lipinski definition) is 1. The van der Waals surface area contributed by atoms with Crippen LogP contribution >= 0.6 is 0 Å². The van der Waals surface area contributed by atoms with E-state index >= 15 is 0 Å². The van der Waals surface area contributed by atoms with E-state index in [0.717, 1.165) is 30.9 Å². The van der Waals surface area contributed by atoms with Gasteiger partial charge in [0.1, 0.15) is 12.2 Å². The fraction of sp³-hybridized carbons (Fsp3) is 0.833. The monoisotopic (exact) mass is 235 g/mol. The third-order valence-electron chi connectivity index (χ3n) is 3.90. The molecule has 1 aromatic heterocycles. The van der Waals surface area contributed by atoms with Crippen molar-refractivity contribution in [3.63, 3.8) is 0 Å². The van der Waals surface area contributed by atoms with Crippen LogP contribution in [0.15, 0.2) is 6.33 Å². The first-order valence-electron chi connectivity index (χ1n) is 6.60. The maximum atomic E-state index is 4.07. The Kier molecular flexibility index (Phi) is 3.11. The minimum atomic E-state index is 0.823. The molecular weight excluding hydrogens is 214 g/mol. The first-order valence-corrected chi connectivity index (χ1v) is 6.60. The number of aromatic nitrogens is 3. The van der Waals surface area contributed by atoms with Gasteiger partial charge in [-0.25, -0.2) is 0 Å². The molecule has 1 unspecified atom stereocenters. The molecule has 17 heavy (non-hydrogen) atoms. The molecule has 1 atom stereocenters. The third kappa shape index (κ3) is 2.66. The Morgan fingerprint density at radius 3 is 3.00 bits per heavy atom. The van der Waals surface area contributed by atoms with Crippen molar-refractivity contribution in [3.05, 3.63) is 12.2 Å². The lowest BCUT2D eigenvalue weighted by molar-refractivity contribution is 0.311. The number of aryl methyl sites for hydroxylation is 1. The number of hydrogen-bond acceptors (Lipinski definition) is 4. The Morgan fingerprint density at radius 2 is 2.29 bits per heavy atom. The van der Waals surface area contributed by atoms with Gasteiger partial charge in [-0.3, -0.25) is 0 Å². The summed E-state index contributed by atoms with van der Waals surface area (Å²) in [5.74, 6) is 1.84. The van der Waals surface area contributed by atoms with Gasteiger partial charge in [-0.1, -0.05) is 0 Å². The van der Waals surface area contributed by atoms with Crippen LogP contribution in [0.1, 0.15) is 25.1 Å². The van der Waals surface area contributed by atoms with Crippen LogP contribution in [-0.4, -0.2) is 45.3 Å². The Balaban J connectivity index is 1.39. The normalized spacial score (nSPS) is 25.6. The molecule has 2 aliphatic rings. The molecule has 1 aliphatic carbocycles. The summed E-state index contributed by atoms with van der Waals surface area (Å²) >= 11 is 0. The van der Waals surface area contributed by atoms with Crippen molar-refractivity contribution in [2.45, 2.75) is 31.8 Å². The first kappa shape index (κ1) is 11.2. The van der Waals surface area contributed by atoms with Crippen LogP contribution in [-0.2, 0) is 13.6 Å². The minimum Gasteiger partial charge on any atom is -0.320 e. The van der Waals surface area contributed by atoms with E-state index in [0.29, 0.717) is 0 Å². The predicted molar refractivity (Wildman–Crippen MR) is 65.4 cm³/mol. The Bertz CT molecular complexity index is 371. The summed E-state index contributed by atoms with van der Waals surface area (Å²) in [6, 6.07) is 0.929. The molecule has 0 aromatic carbocycles. The summed E-state index contributed by atoms with van der Waals surface area (Å²) < 4.78 is 1.97. The highest BCUT2D eigenvalue weighted by atomic mass is 15.3. The summed E-state index contributed by atoms with van der Waals surface area (Å²) in [6.07, 6.45) is 5.96. The average Bonchev–Trinajstić information content (AvgIpc) is 2.94. The van der Waals surface area contributed by atoms with Gasteiger partial charge in [-0.05, 0) is 38.3 Å². The van der Waals surface area contributed by atoms with E-state index in [1.54, 1.807) is 6.33 Å². The van der Waals surface area contributed by atoms with E-state index in [9.17, 15) is 0 Å². The van der Waals surface area contributed by atoms with Gasteiger partial charge < -0.3 is 14.8 Å². The quantitative estimate of drug-likeness (QED) is 0.802. The molecule has 5 heteroatoms. The zero-order valence-electron chi connectivity index (χ0n) is 10.5. The van der Waals surface area contributed by atoms with Gasteiger partial charge >= 0.3 is 0 Å². The molecule has 5 nitrogen and oxygen atoms in total. The van der Waals surface area contributed by atoms with Gasteiger partial charge in [-0.15, -0.1) is 10.2 Å². The summed E-state index contributed by atoms with van der Waals surface area (Å²) in [6.45, 7) is 4.53. The molecule has 3 rings (SSSR count). The molecule has 2 fully saturated rings. The summed E-state index contributed by atoms with van der Waals surface area (Å²) in [7, 11) is 1.99. The molecular formula is C12H21N5. The highest BCUT2D eigenvalue weighted by Crippen LogP contribution is 2.31. The summed E-state index contributed by atoms with van der Waals surface area (Å²) in [5, 5.41) is 11.5. The summed E-state index contributed by atoms with van der Waals surface area (Å²) in [5.41, 5.74) is 0. The second-order valence-corrected chi connectivity index (χ2v) is 5.37. The largest absolute Gasteiger partial charge is 0.320 e. The lowest BCUT2D eigenvalue weighted by atomic mass is 10.1. The van der Waals surface area contributed by atoms with E-state index in [1.165, 1.54) is 32.4 Å². The van der Waals surface area contributed by atoms with E-state index in [-0.39, 0.29) is 0 Å². The fourth-order valence-corrected chi connectivity index (χ4v) is 2.66. The zero-order valence-corrected chi connectivity index (χ0v) is 10.5. The Hall–Kier alpha value is -0.940. The lowest BCUT2D eigenvalue weighted by Crippen LogP contribution is -2.28. The molecule has 1 saturated heterocycles. The van der Waals surface area contributed by atoms with Crippen LogP contribution in [0.2, 0.25) is 0 Å². The zero-order chi connectivity index (χ0) is 11.7.